The van der Waals surface area contributed by atoms with Crippen molar-refractivity contribution in [2.45, 2.75) is 46.7 Å². The molecule has 0 atom stereocenters. The van der Waals surface area contributed by atoms with E-state index >= 15 is 0 Å². The molecule has 1 aromatic rings. The summed E-state index contributed by atoms with van der Waals surface area (Å²) in [6, 6.07) is 8.32. The van der Waals surface area contributed by atoms with Crippen molar-refractivity contribution in [1.29, 1.82) is 0 Å². The summed E-state index contributed by atoms with van der Waals surface area (Å²) >= 11 is 0. The molecule has 29 heavy (non-hydrogen) atoms. The molecule has 0 spiro atoms. The third-order valence-corrected chi connectivity index (χ3v) is 5.94. The minimum absolute atomic E-state index is 0.0702. The van der Waals surface area contributed by atoms with E-state index in [1.807, 2.05) is 6.07 Å². The molecule has 6 nitrogen and oxygen atoms in total. The van der Waals surface area contributed by atoms with Gasteiger partial charge >= 0.3 is 6.03 Å². The summed E-state index contributed by atoms with van der Waals surface area (Å²) in [5.74, 6) is 0. The van der Waals surface area contributed by atoms with E-state index in [1.165, 1.54) is 37.3 Å². The molecular formula is C23H41N5O. The van der Waals surface area contributed by atoms with Gasteiger partial charge in [-0.2, -0.15) is 0 Å². The lowest BCUT2D eigenvalue weighted by atomic mass is 10.1. The highest BCUT2D eigenvalue weighted by Crippen LogP contribution is 2.11. The van der Waals surface area contributed by atoms with Crippen LogP contribution in [0.25, 0.3) is 0 Å². The van der Waals surface area contributed by atoms with Crippen molar-refractivity contribution in [1.82, 2.24) is 25.3 Å². The number of amides is 2. The van der Waals surface area contributed by atoms with Crippen LogP contribution in [0.3, 0.4) is 0 Å². The number of nitrogens with one attached hydrogen (secondary N) is 2. The Morgan fingerprint density at radius 3 is 2.24 bits per heavy atom. The molecule has 1 saturated heterocycles. The van der Waals surface area contributed by atoms with Crippen LogP contribution < -0.4 is 10.6 Å². The Labute approximate surface area is 177 Å². The summed E-state index contributed by atoms with van der Waals surface area (Å²) < 4.78 is 0. The molecule has 2 N–H and O–H groups in total. The van der Waals surface area contributed by atoms with Gasteiger partial charge < -0.3 is 20.4 Å². The van der Waals surface area contributed by atoms with E-state index in [0.29, 0.717) is 6.54 Å². The van der Waals surface area contributed by atoms with E-state index in [-0.39, 0.29) is 6.03 Å². The molecule has 1 fully saturated rings. The van der Waals surface area contributed by atoms with Gasteiger partial charge in [-0.25, -0.2) is 4.79 Å². The Kier molecular flexibility index (Phi) is 11.1. The second-order valence-corrected chi connectivity index (χ2v) is 7.82. The minimum Gasteiger partial charge on any atom is -0.338 e. The number of rotatable bonds is 12. The Morgan fingerprint density at radius 1 is 0.931 bits per heavy atom. The van der Waals surface area contributed by atoms with Crippen molar-refractivity contribution < 1.29 is 4.79 Å². The van der Waals surface area contributed by atoms with Gasteiger partial charge in [0.2, 0.25) is 0 Å². The molecule has 1 aliphatic heterocycles. The van der Waals surface area contributed by atoms with Gasteiger partial charge in [-0.1, -0.05) is 45.0 Å². The summed E-state index contributed by atoms with van der Waals surface area (Å²) in [7, 11) is 0. The van der Waals surface area contributed by atoms with Gasteiger partial charge in [0, 0.05) is 45.8 Å². The lowest BCUT2D eigenvalue weighted by Gasteiger charge is -2.33. The number of carbonyl (C=O) groups excluding carboxylic acids is 1. The molecule has 6 heteroatoms. The first-order valence-corrected chi connectivity index (χ1v) is 11.4. The summed E-state index contributed by atoms with van der Waals surface area (Å²) in [5.41, 5.74) is 2.49. The number of urea groups is 1. The first-order valence-electron chi connectivity index (χ1n) is 11.4. The highest BCUT2D eigenvalue weighted by Gasteiger charge is 2.14. The SMILES string of the molecule is CCN1CCN(CCCCNC(=O)NCc2ccccc2CN(CC)CC)CC1. The zero-order chi connectivity index (χ0) is 20.9. The number of hydrogen-bond donors (Lipinski definition) is 2. The van der Waals surface area contributed by atoms with Crippen molar-refractivity contribution in [2.24, 2.45) is 0 Å². The summed E-state index contributed by atoms with van der Waals surface area (Å²) in [6.07, 6.45) is 2.17. The van der Waals surface area contributed by atoms with Crippen LogP contribution in [0.4, 0.5) is 4.79 Å². The molecule has 0 radical (unpaired) electrons. The van der Waals surface area contributed by atoms with E-state index in [0.717, 1.165) is 52.1 Å². The van der Waals surface area contributed by atoms with E-state index in [2.05, 4.69) is 64.3 Å². The number of piperazine rings is 1. The highest BCUT2D eigenvalue weighted by molar-refractivity contribution is 5.73. The fourth-order valence-electron chi connectivity index (χ4n) is 3.80. The van der Waals surface area contributed by atoms with E-state index in [1.54, 1.807) is 0 Å². The molecule has 1 aliphatic rings. The molecule has 1 aromatic carbocycles. The van der Waals surface area contributed by atoms with Crippen LogP contribution in [-0.4, -0.2) is 79.6 Å². The number of nitrogens with zero attached hydrogens (tertiary/aromatic N) is 3. The third-order valence-electron chi connectivity index (χ3n) is 5.94. The smallest absolute Gasteiger partial charge is 0.315 e. The number of carbonyl (C=O) groups is 1. The average molecular weight is 404 g/mol. The standard InChI is InChI=1S/C23H41N5O/c1-4-26(5-2)20-22-12-8-7-11-21(22)19-25-23(29)24-13-9-10-14-28-17-15-27(6-3)16-18-28/h7-8,11-12H,4-6,9-10,13-20H2,1-3H3,(H2,24,25,29). The van der Waals surface area contributed by atoms with Crippen LogP contribution in [-0.2, 0) is 13.1 Å². The zero-order valence-electron chi connectivity index (χ0n) is 18.8. The van der Waals surface area contributed by atoms with Crippen LogP contribution in [0.5, 0.6) is 0 Å². The van der Waals surface area contributed by atoms with Crippen LogP contribution in [0.2, 0.25) is 0 Å². The first-order chi connectivity index (χ1) is 14.2. The average Bonchev–Trinajstić information content (AvgIpc) is 2.76. The van der Waals surface area contributed by atoms with Crippen molar-refractivity contribution in [3.8, 4) is 0 Å². The minimum atomic E-state index is -0.0702. The first kappa shape index (κ1) is 23.6. The summed E-state index contributed by atoms with van der Waals surface area (Å²) in [6.45, 7) is 17.9. The van der Waals surface area contributed by atoms with Gasteiger partial charge in [-0.15, -0.1) is 0 Å². The lowest BCUT2D eigenvalue weighted by molar-refractivity contribution is 0.135. The maximum atomic E-state index is 12.1. The third kappa shape index (κ3) is 8.72. The van der Waals surface area contributed by atoms with Gasteiger partial charge in [0.25, 0.3) is 0 Å². The Bertz CT molecular complexity index is 582. The quantitative estimate of drug-likeness (QED) is 0.527. The van der Waals surface area contributed by atoms with Gasteiger partial charge in [0.1, 0.15) is 0 Å². The van der Waals surface area contributed by atoms with E-state index in [4.69, 9.17) is 0 Å². The maximum Gasteiger partial charge on any atom is 0.315 e. The van der Waals surface area contributed by atoms with Crippen molar-refractivity contribution in [2.75, 3.05) is 58.9 Å². The molecule has 2 rings (SSSR count). The lowest BCUT2D eigenvalue weighted by Crippen LogP contribution is -2.46. The Morgan fingerprint density at radius 2 is 1.59 bits per heavy atom. The second-order valence-electron chi connectivity index (χ2n) is 7.82. The zero-order valence-corrected chi connectivity index (χ0v) is 18.8. The molecule has 0 saturated carbocycles. The largest absolute Gasteiger partial charge is 0.338 e. The highest BCUT2D eigenvalue weighted by atomic mass is 16.2. The number of likely N-dealkylation sites (N-methyl/N-ethyl adjacent to an activating group) is 1. The maximum absolute atomic E-state index is 12.1. The van der Waals surface area contributed by atoms with Crippen molar-refractivity contribution in [3.63, 3.8) is 0 Å². The Balaban J connectivity index is 1.60. The Hall–Kier alpha value is -1.63. The molecule has 0 bridgehead atoms. The van der Waals surface area contributed by atoms with Gasteiger partial charge in [-0.3, -0.25) is 4.90 Å². The number of unbranched alkanes of at least 4 members (excludes halogenated alkanes) is 1. The van der Waals surface area contributed by atoms with Gasteiger partial charge in [0.05, 0.1) is 0 Å². The normalized spacial score (nSPS) is 15.6. The number of hydrogen-bond acceptors (Lipinski definition) is 4. The monoisotopic (exact) mass is 403 g/mol. The van der Waals surface area contributed by atoms with Gasteiger partial charge in [-0.05, 0) is 50.1 Å². The molecule has 0 aromatic heterocycles. The molecule has 0 unspecified atom stereocenters. The van der Waals surface area contributed by atoms with E-state index in [9.17, 15) is 4.79 Å². The van der Waals surface area contributed by atoms with Crippen LogP contribution in [0.15, 0.2) is 24.3 Å². The van der Waals surface area contributed by atoms with Crippen LogP contribution in [0, 0.1) is 0 Å². The van der Waals surface area contributed by atoms with Gasteiger partial charge in [0.15, 0.2) is 0 Å². The van der Waals surface area contributed by atoms with Crippen LogP contribution >= 0.6 is 0 Å². The topological polar surface area (TPSA) is 50.9 Å². The van der Waals surface area contributed by atoms with Crippen molar-refractivity contribution >= 4 is 6.03 Å². The molecule has 1 heterocycles. The predicted molar refractivity (Wildman–Crippen MR) is 121 cm³/mol. The predicted octanol–water partition coefficient (Wildman–Crippen LogP) is 2.75. The molecule has 0 aliphatic carbocycles. The number of benzene rings is 1. The second kappa shape index (κ2) is 13.6. The summed E-state index contributed by atoms with van der Waals surface area (Å²) in [5, 5.41) is 6.02. The fourth-order valence-corrected chi connectivity index (χ4v) is 3.80. The molecule has 164 valence electrons. The molecular weight excluding hydrogens is 362 g/mol. The summed E-state index contributed by atoms with van der Waals surface area (Å²) in [4.78, 5) is 19.6. The molecule has 2 amide bonds. The van der Waals surface area contributed by atoms with E-state index < -0.39 is 0 Å². The van der Waals surface area contributed by atoms with Crippen LogP contribution in [0.1, 0.15) is 44.7 Å². The fraction of sp³-hybridized carbons (Fsp3) is 0.696. The van der Waals surface area contributed by atoms with Crippen molar-refractivity contribution in [3.05, 3.63) is 35.4 Å².